The van der Waals surface area contributed by atoms with Gasteiger partial charge in [-0.2, -0.15) is 0 Å². The molecule has 0 amide bonds. The van der Waals surface area contributed by atoms with Gasteiger partial charge in [0, 0.05) is 45.9 Å². The van der Waals surface area contributed by atoms with Crippen LogP contribution in [0, 0.1) is 6.92 Å². The van der Waals surface area contributed by atoms with Crippen LogP contribution in [0.3, 0.4) is 0 Å². The molecule has 0 bridgehead atoms. The predicted molar refractivity (Wildman–Crippen MR) is 114 cm³/mol. The predicted octanol–water partition coefficient (Wildman–Crippen LogP) is 3.62. The highest BCUT2D eigenvalue weighted by Crippen LogP contribution is 2.37. The number of benzene rings is 1. The van der Waals surface area contributed by atoms with E-state index in [0.29, 0.717) is 18.1 Å². The lowest BCUT2D eigenvalue weighted by atomic mass is 10.0. The Labute approximate surface area is 165 Å². The minimum Gasteiger partial charge on any atom is -0.395 e. The van der Waals surface area contributed by atoms with Crippen LogP contribution < -0.4 is 5.32 Å². The van der Waals surface area contributed by atoms with Gasteiger partial charge in [0.25, 0.3) is 0 Å². The summed E-state index contributed by atoms with van der Waals surface area (Å²) in [7, 11) is -1.02. The summed E-state index contributed by atoms with van der Waals surface area (Å²) in [6, 6.07) is 9.91. The number of hydrogen-bond donors (Lipinski definition) is 3. The van der Waals surface area contributed by atoms with Crippen molar-refractivity contribution in [3.05, 3.63) is 48.3 Å². The number of fused-ring (bicyclic) bond motifs is 3. The molecule has 28 heavy (non-hydrogen) atoms. The Morgan fingerprint density at radius 1 is 1.21 bits per heavy atom. The molecule has 0 aliphatic rings. The quantitative estimate of drug-likeness (QED) is 0.465. The molecule has 1 aromatic carbocycles. The van der Waals surface area contributed by atoms with Gasteiger partial charge in [-0.1, -0.05) is 19.1 Å². The van der Waals surface area contributed by atoms with E-state index in [1.807, 2.05) is 50.5 Å². The Balaban J connectivity index is 2.00. The van der Waals surface area contributed by atoms with Gasteiger partial charge in [0.15, 0.2) is 5.82 Å². The largest absolute Gasteiger partial charge is 0.395 e. The zero-order valence-electron chi connectivity index (χ0n) is 15.8. The van der Waals surface area contributed by atoms with Crippen molar-refractivity contribution in [2.45, 2.75) is 18.7 Å². The molecule has 3 N–H and O–H groups in total. The van der Waals surface area contributed by atoms with Crippen molar-refractivity contribution in [1.29, 1.82) is 0 Å². The number of nitrogens with one attached hydrogen (secondary N) is 2. The summed E-state index contributed by atoms with van der Waals surface area (Å²) in [5.74, 6) is 1.26. The van der Waals surface area contributed by atoms with E-state index in [4.69, 9.17) is 0 Å². The second-order valence-corrected chi connectivity index (χ2v) is 8.36. The van der Waals surface area contributed by atoms with Crippen LogP contribution in [0.5, 0.6) is 0 Å². The number of anilines is 1. The van der Waals surface area contributed by atoms with Crippen LogP contribution in [0.4, 0.5) is 5.82 Å². The van der Waals surface area contributed by atoms with Crippen molar-refractivity contribution in [2.75, 3.05) is 24.2 Å². The summed E-state index contributed by atoms with van der Waals surface area (Å²) in [6.07, 6.45) is 3.66. The van der Waals surface area contributed by atoms with Crippen LogP contribution in [0.15, 0.2) is 47.6 Å². The van der Waals surface area contributed by atoms with Crippen LogP contribution in [-0.2, 0) is 10.8 Å². The summed E-state index contributed by atoms with van der Waals surface area (Å²) in [5.41, 5.74) is 4.63. The molecule has 6 nitrogen and oxygen atoms in total. The molecule has 0 aliphatic heterocycles. The standard InChI is InChI=1S/C21H22N4O2S/c1-3-28(27)15-6-4-5-14(10-15)17-12-24-21(22-7-8-26)19-18(17)16-9-13(2)11-23-20(16)25-19/h4-6,9-12,26H,3,7-8H2,1-2H3,(H,22,24)(H,23,25). The van der Waals surface area contributed by atoms with E-state index in [2.05, 4.69) is 26.3 Å². The van der Waals surface area contributed by atoms with Crippen molar-refractivity contribution in [3.8, 4) is 11.1 Å². The monoisotopic (exact) mass is 394 g/mol. The summed E-state index contributed by atoms with van der Waals surface area (Å²) in [6.45, 7) is 4.36. The SMILES string of the molecule is CCS(=O)c1cccc(-c2cnc(NCCO)c3[nH]c4ncc(C)cc4c23)c1. The van der Waals surface area contributed by atoms with Gasteiger partial charge in [0.1, 0.15) is 5.65 Å². The summed E-state index contributed by atoms with van der Waals surface area (Å²) in [5, 5.41) is 14.4. The molecule has 0 saturated carbocycles. The number of aliphatic hydroxyl groups is 1. The number of aliphatic hydroxyl groups excluding tert-OH is 1. The van der Waals surface area contributed by atoms with Crippen molar-refractivity contribution >= 4 is 38.6 Å². The fraction of sp³-hybridized carbons (Fsp3) is 0.238. The molecular formula is C21H22N4O2S. The van der Waals surface area contributed by atoms with Gasteiger partial charge in [-0.3, -0.25) is 4.21 Å². The Bertz CT molecular complexity index is 1190. The highest BCUT2D eigenvalue weighted by Gasteiger charge is 2.16. The Morgan fingerprint density at radius 3 is 2.86 bits per heavy atom. The smallest absolute Gasteiger partial charge is 0.150 e. The first-order chi connectivity index (χ1) is 13.6. The maximum Gasteiger partial charge on any atom is 0.150 e. The van der Waals surface area contributed by atoms with E-state index in [0.717, 1.165) is 43.5 Å². The van der Waals surface area contributed by atoms with Crippen molar-refractivity contribution in [1.82, 2.24) is 15.0 Å². The molecule has 4 rings (SSSR count). The van der Waals surface area contributed by atoms with Crippen molar-refractivity contribution < 1.29 is 9.32 Å². The molecule has 3 aromatic heterocycles. The van der Waals surface area contributed by atoms with Crippen LogP contribution in [0.25, 0.3) is 33.1 Å². The molecule has 0 radical (unpaired) electrons. The first kappa shape index (κ1) is 18.6. The average Bonchev–Trinajstić information content (AvgIpc) is 3.10. The van der Waals surface area contributed by atoms with Gasteiger partial charge in [0.2, 0.25) is 0 Å². The lowest BCUT2D eigenvalue weighted by molar-refractivity contribution is 0.311. The first-order valence-corrected chi connectivity index (χ1v) is 10.5. The molecule has 0 spiro atoms. The van der Waals surface area contributed by atoms with Crippen LogP contribution in [-0.4, -0.2) is 43.2 Å². The molecule has 0 saturated heterocycles. The molecule has 0 fully saturated rings. The van der Waals surface area contributed by atoms with Crippen molar-refractivity contribution in [3.63, 3.8) is 0 Å². The highest BCUT2D eigenvalue weighted by molar-refractivity contribution is 7.85. The summed E-state index contributed by atoms with van der Waals surface area (Å²) in [4.78, 5) is 13.3. The molecule has 0 aliphatic carbocycles. The summed E-state index contributed by atoms with van der Waals surface area (Å²) < 4.78 is 12.3. The van der Waals surface area contributed by atoms with Gasteiger partial charge >= 0.3 is 0 Å². The fourth-order valence-corrected chi connectivity index (χ4v) is 4.21. The second kappa shape index (κ2) is 7.69. The van der Waals surface area contributed by atoms with Crippen LogP contribution in [0.1, 0.15) is 12.5 Å². The maximum atomic E-state index is 12.3. The molecule has 1 unspecified atom stereocenters. The minimum absolute atomic E-state index is 0.0212. The van der Waals surface area contributed by atoms with Gasteiger partial charge in [-0.15, -0.1) is 0 Å². The maximum absolute atomic E-state index is 12.3. The van der Waals surface area contributed by atoms with Crippen molar-refractivity contribution in [2.24, 2.45) is 0 Å². The zero-order chi connectivity index (χ0) is 19.7. The third-order valence-corrected chi connectivity index (χ3v) is 5.99. The number of aryl methyl sites for hydroxylation is 1. The zero-order valence-corrected chi connectivity index (χ0v) is 16.6. The molecule has 144 valence electrons. The Morgan fingerprint density at radius 2 is 2.07 bits per heavy atom. The Kier molecular flexibility index (Phi) is 5.11. The number of aromatic nitrogens is 3. The third-order valence-electron chi connectivity index (χ3n) is 4.69. The van der Waals surface area contributed by atoms with Gasteiger partial charge in [-0.05, 0) is 36.2 Å². The molecule has 3 heterocycles. The fourth-order valence-electron chi connectivity index (χ4n) is 3.39. The second-order valence-electron chi connectivity index (χ2n) is 6.62. The van der Waals surface area contributed by atoms with Crippen LogP contribution >= 0.6 is 0 Å². The molecule has 4 aromatic rings. The van der Waals surface area contributed by atoms with Crippen LogP contribution in [0.2, 0.25) is 0 Å². The van der Waals surface area contributed by atoms with Gasteiger partial charge in [-0.25, -0.2) is 9.97 Å². The van der Waals surface area contributed by atoms with E-state index >= 15 is 0 Å². The number of H-pyrrole nitrogens is 1. The topological polar surface area (TPSA) is 90.9 Å². The summed E-state index contributed by atoms with van der Waals surface area (Å²) >= 11 is 0. The lowest BCUT2D eigenvalue weighted by Gasteiger charge is -2.10. The normalized spacial score (nSPS) is 12.5. The van der Waals surface area contributed by atoms with E-state index in [9.17, 15) is 9.32 Å². The van der Waals surface area contributed by atoms with Gasteiger partial charge in [0.05, 0.1) is 22.9 Å². The molecular weight excluding hydrogens is 372 g/mol. The number of nitrogens with zero attached hydrogens (tertiary/aromatic N) is 2. The number of hydrogen-bond acceptors (Lipinski definition) is 5. The third kappa shape index (κ3) is 3.27. The lowest BCUT2D eigenvalue weighted by Crippen LogP contribution is -2.07. The first-order valence-electron chi connectivity index (χ1n) is 9.23. The van der Waals surface area contributed by atoms with E-state index < -0.39 is 10.8 Å². The minimum atomic E-state index is -1.02. The average molecular weight is 395 g/mol. The number of aromatic amines is 1. The van der Waals surface area contributed by atoms with Gasteiger partial charge < -0.3 is 15.4 Å². The van der Waals surface area contributed by atoms with E-state index in [-0.39, 0.29) is 6.61 Å². The van der Waals surface area contributed by atoms with E-state index in [1.165, 1.54) is 0 Å². The Hall–Kier alpha value is -2.77. The number of rotatable bonds is 6. The molecule has 7 heteroatoms. The molecule has 1 atom stereocenters. The van der Waals surface area contributed by atoms with E-state index in [1.54, 1.807) is 0 Å². The number of pyridine rings is 2. The highest BCUT2D eigenvalue weighted by atomic mass is 32.2.